The summed E-state index contributed by atoms with van der Waals surface area (Å²) in [6.07, 6.45) is 13.0. The average Bonchev–Trinajstić information content (AvgIpc) is 3.67. The quantitative estimate of drug-likeness (QED) is 0.439. The number of aryl methyl sites for hydroxylation is 1. The molecule has 1 aliphatic heterocycles. The fourth-order valence-electron chi connectivity index (χ4n) is 5.77. The van der Waals surface area contributed by atoms with Crippen molar-refractivity contribution in [2.75, 3.05) is 16.8 Å². The Morgan fingerprint density at radius 3 is 2.86 bits per heavy atom. The number of halogens is 1. The van der Waals surface area contributed by atoms with Crippen LogP contribution in [0.1, 0.15) is 79.2 Å². The van der Waals surface area contributed by atoms with Crippen LogP contribution in [0.4, 0.5) is 17.6 Å². The van der Waals surface area contributed by atoms with E-state index in [1.165, 1.54) is 54.7 Å². The lowest BCUT2D eigenvalue weighted by Gasteiger charge is -2.24. The SMILES string of the molecule is O=C(Cc1ncc(Cl)s1)C1CCCN1c1nc2c(c(Nc3cc(C4CCCCC4)[nH]n3)n1)CCC2. The van der Waals surface area contributed by atoms with Crippen LogP contribution >= 0.6 is 22.9 Å². The molecule has 0 bridgehead atoms. The number of H-pyrrole nitrogens is 1. The van der Waals surface area contributed by atoms with Crippen LogP contribution in [-0.4, -0.2) is 43.5 Å². The van der Waals surface area contributed by atoms with Gasteiger partial charge in [0.25, 0.3) is 0 Å². The van der Waals surface area contributed by atoms with E-state index in [0.717, 1.165) is 61.0 Å². The van der Waals surface area contributed by atoms with Crippen molar-refractivity contribution >= 4 is 46.3 Å². The fraction of sp³-hybridized carbons (Fsp3) is 0.560. The number of rotatable bonds is 7. The maximum Gasteiger partial charge on any atom is 0.228 e. The van der Waals surface area contributed by atoms with E-state index in [1.807, 2.05) is 0 Å². The minimum absolute atomic E-state index is 0.150. The van der Waals surface area contributed by atoms with Gasteiger partial charge in [-0.1, -0.05) is 30.9 Å². The standard InChI is InChI=1S/C25H30ClN7OS/c26-21-14-27-23(35-21)13-20(34)19-10-5-11-33(19)25-28-17-9-4-8-16(17)24(30-25)29-22-12-18(31-32-22)15-6-2-1-3-7-15/h12,14-15,19H,1-11,13H2,(H2,28,29,30,31,32). The summed E-state index contributed by atoms with van der Waals surface area (Å²) < 4.78 is 0.610. The minimum atomic E-state index is -0.228. The lowest BCUT2D eigenvalue weighted by atomic mass is 9.87. The van der Waals surface area contributed by atoms with Crippen LogP contribution in [0.3, 0.4) is 0 Å². The molecule has 2 aliphatic carbocycles. The Labute approximate surface area is 213 Å². The van der Waals surface area contributed by atoms with Crippen LogP contribution < -0.4 is 10.2 Å². The van der Waals surface area contributed by atoms with Crippen molar-refractivity contribution in [3.8, 4) is 0 Å². The predicted molar refractivity (Wildman–Crippen MR) is 138 cm³/mol. The Bertz CT molecular complexity index is 1220. The van der Waals surface area contributed by atoms with Gasteiger partial charge in [-0.3, -0.25) is 9.89 Å². The summed E-state index contributed by atoms with van der Waals surface area (Å²) >= 11 is 7.38. The topological polar surface area (TPSA) is 99.7 Å². The molecule has 1 saturated heterocycles. The minimum Gasteiger partial charge on any atom is -0.331 e. The first-order valence-electron chi connectivity index (χ1n) is 12.8. The highest BCUT2D eigenvalue weighted by Crippen LogP contribution is 2.35. The summed E-state index contributed by atoms with van der Waals surface area (Å²) in [5.41, 5.74) is 3.48. The van der Waals surface area contributed by atoms with Crippen LogP contribution in [0.5, 0.6) is 0 Å². The number of nitrogens with one attached hydrogen (secondary N) is 2. The number of aromatic nitrogens is 5. The third kappa shape index (κ3) is 4.80. The van der Waals surface area contributed by atoms with Gasteiger partial charge >= 0.3 is 0 Å². The Morgan fingerprint density at radius 2 is 2.03 bits per heavy atom. The molecule has 1 atom stereocenters. The third-order valence-electron chi connectivity index (χ3n) is 7.54. The summed E-state index contributed by atoms with van der Waals surface area (Å²) in [7, 11) is 0. The number of aromatic amines is 1. The molecule has 35 heavy (non-hydrogen) atoms. The first-order valence-corrected chi connectivity index (χ1v) is 13.9. The Morgan fingerprint density at radius 1 is 1.14 bits per heavy atom. The monoisotopic (exact) mass is 511 g/mol. The van der Waals surface area contributed by atoms with Crippen LogP contribution in [0.15, 0.2) is 12.3 Å². The van der Waals surface area contributed by atoms with Crippen molar-refractivity contribution in [3.63, 3.8) is 0 Å². The zero-order valence-electron chi connectivity index (χ0n) is 19.7. The Kier molecular flexibility index (Phi) is 6.45. The summed E-state index contributed by atoms with van der Waals surface area (Å²) in [6.45, 7) is 0.779. The maximum absolute atomic E-state index is 13.2. The Hall–Kier alpha value is -2.52. The maximum atomic E-state index is 13.2. The molecule has 184 valence electrons. The molecule has 0 amide bonds. The highest BCUT2D eigenvalue weighted by Gasteiger charge is 2.34. The summed E-state index contributed by atoms with van der Waals surface area (Å²) in [4.78, 5) is 29.4. The van der Waals surface area contributed by atoms with Crippen molar-refractivity contribution in [3.05, 3.63) is 38.6 Å². The van der Waals surface area contributed by atoms with Gasteiger partial charge in [0.05, 0.1) is 24.4 Å². The van der Waals surface area contributed by atoms with Crippen molar-refractivity contribution in [1.29, 1.82) is 0 Å². The number of carbonyl (C=O) groups is 1. The number of carbonyl (C=O) groups excluding carboxylic acids is 1. The number of anilines is 3. The highest BCUT2D eigenvalue weighted by atomic mass is 35.5. The molecule has 6 rings (SSSR count). The van der Waals surface area contributed by atoms with Crippen molar-refractivity contribution in [1.82, 2.24) is 25.1 Å². The number of nitrogens with zero attached hydrogens (tertiary/aromatic N) is 5. The fourth-order valence-corrected chi connectivity index (χ4v) is 6.74. The van der Waals surface area contributed by atoms with Gasteiger partial charge in [0.15, 0.2) is 11.6 Å². The van der Waals surface area contributed by atoms with E-state index in [4.69, 9.17) is 21.6 Å². The molecular formula is C25H30ClN7OS. The van der Waals surface area contributed by atoms with Gasteiger partial charge in [0.1, 0.15) is 15.2 Å². The first kappa shape index (κ1) is 22.9. The molecule has 3 aliphatic rings. The second-order valence-corrected chi connectivity index (χ2v) is 11.6. The molecule has 1 saturated carbocycles. The zero-order chi connectivity index (χ0) is 23.8. The number of hydrogen-bond acceptors (Lipinski definition) is 8. The van der Waals surface area contributed by atoms with Crippen LogP contribution in [0.25, 0.3) is 0 Å². The average molecular weight is 512 g/mol. The number of thiazole rings is 1. The number of Topliss-reactive ketones (excluding diaryl/α,β-unsaturated/α-hetero) is 1. The zero-order valence-corrected chi connectivity index (χ0v) is 21.3. The lowest BCUT2D eigenvalue weighted by molar-refractivity contribution is -0.119. The van der Waals surface area contributed by atoms with Gasteiger partial charge in [-0.25, -0.2) is 9.97 Å². The van der Waals surface area contributed by atoms with E-state index in [1.54, 1.807) is 6.20 Å². The second kappa shape index (κ2) is 9.85. The van der Waals surface area contributed by atoms with Crippen molar-refractivity contribution < 1.29 is 4.79 Å². The van der Waals surface area contributed by atoms with Gasteiger partial charge < -0.3 is 10.2 Å². The number of hydrogen-bond donors (Lipinski definition) is 2. The molecule has 3 aromatic heterocycles. The summed E-state index contributed by atoms with van der Waals surface area (Å²) in [6, 6.07) is 1.91. The molecule has 8 nitrogen and oxygen atoms in total. The van der Waals surface area contributed by atoms with Crippen molar-refractivity contribution in [2.24, 2.45) is 0 Å². The molecule has 2 N–H and O–H groups in total. The van der Waals surface area contributed by atoms with E-state index in [-0.39, 0.29) is 11.8 Å². The van der Waals surface area contributed by atoms with Gasteiger partial charge in [0.2, 0.25) is 5.95 Å². The normalized spacial score (nSPS) is 20.4. The molecule has 0 aromatic carbocycles. The van der Waals surface area contributed by atoms with Crippen LogP contribution in [0, 0.1) is 0 Å². The molecule has 0 spiro atoms. The van der Waals surface area contributed by atoms with E-state index < -0.39 is 0 Å². The summed E-state index contributed by atoms with van der Waals surface area (Å²) in [5, 5.41) is 12.1. The van der Waals surface area contributed by atoms with Gasteiger partial charge in [-0.15, -0.1) is 11.3 Å². The smallest absolute Gasteiger partial charge is 0.228 e. The molecule has 0 radical (unpaired) electrons. The molecule has 3 aromatic rings. The lowest BCUT2D eigenvalue weighted by Crippen LogP contribution is -2.38. The molecular weight excluding hydrogens is 482 g/mol. The number of fused-ring (bicyclic) bond motifs is 1. The second-order valence-electron chi connectivity index (χ2n) is 9.87. The van der Waals surface area contributed by atoms with E-state index in [2.05, 4.69) is 31.5 Å². The molecule has 4 heterocycles. The largest absolute Gasteiger partial charge is 0.331 e. The van der Waals surface area contributed by atoms with Crippen molar-refractivity contribution in [2.45, 2.75) is 82.6 Å². The van der Waals surface area contributed by atoms with E-state index in [0.29, 0.717) is 22.6 Å². The molecule has 10 heteroatoms. The Balaban J connectivity index is 1.23. The highest BCUT2D eigenvalue weighted by molar-refractivity contribution is 7.15. The predicted octanol–water partition coefficient (Wildman–Crippen LogP) is 5.37. The number of ketones is 1. The van der Waals surface area contributed by atoms with E-state index >= 15 is 0 Å². The van der Waals surface area contributed by atoms with Gasteiger partial charge in [-0.2, -0.15) is 10.1 Å². The molecule has 2 fully saturated rings. The first-order chi connectivity index (χ1) is 17.1. The van der Waals surface area contributed by atoms with E-state index in [9.17, 15) is 4.79 Å². The van der Waals surface area contributed by atoms with Crippen LogP contribution in [-0.2, 0) is 24.1 Å². The molecule has 1 unspecified atom stereocenters. The third-order valence-corrected chi connectivity index (χ3v) is 8.66. The van der Waals surface area contributed by atoms with Gasteiger partial charge in [0, 0.05) is 29.8 Å². The summed E-state index contributed by atoms with van der Waals surface area (Å²) in [5.74, 6) is 3.00. The van der Waals surface area contributed by atoms with Crippen LogP contribution in [0.2, 0.25) is 4.34 Å². The van der Waals surface area contributed by atoms with Gasteiger partial charge in [-0.05, 0) is 44.9 Å².